The summed E-state index contributed by atoms with van der Waals surface area (Å²) in [6, 6.07) is 7.01. The molecule has 1 fully saturated rings. The van der Waals surface area contributed by atoms with Gasteiger partial charge in [0.25, 0.3) is 0 Å². The van der Waals surface area contributed by atoms with E-state index < -0.39 is 0 Å². The summed E-state index contributed by atoms with van der Waals surface area (Å²) >= 11 is 1.92. The Morgan fingerprint density at radius 1 is 1.44 bits per heavy atom. The summed E-state index contributed by atoms with van der Waals surface area (Å²) in [5.41, 5.74) is 1.24. The average Bonchev–Trinajstić information content (AvgIpc) is 2.83. The van der Waals surface area contributed by atoms with E-state index in [1.807, 2.05) is 17.8 Å². The third-order valence-electron chi connectivity index (χ3n) is 3.40. The highest BCUT2D eigenvalue weighted by molar-refractivity contribution is 7.99. The molecule has 1 saturated carbocycles. The lowest BCUT2D eigenvalue weighted by molar-refractivity contribution is 0.523. The van der Waals surface area contributed by atoms with Gasteiger partial charge in [-0.15, -0.1) is 0 Å². The van der Waals surface area contributed by atoms with Gasteiger partial charge < -0.3 is 5.32 Å². The molecule has 2 unspecified atom stereocenters. The molecule has 1 N–H and O–H groups in total. The number of nitrogens with one attached hydrogen (secondary N) is 1. The summed E-state index contributed by atoms with van der Waals surface area (Å²) in [6.07, 6.45) is 5.78. The van der Waals surface area contributed by atoms with Crippen molar-refractivity contribution in [2.24, 2.45) is 0 Å². The number of rotatable bonds is 4. The van der Waals surface area contributed by atoms with Crippen LogP contribution >= 0.6 is 11.8 Å². The molecule has 0 saturated heterocycles. The Labute approximate surface area is 112 Å². The standard InChI is InChI=1S/C14H17FN2S/c1-18-14-3-2-13(7-14)17-9-11-4-10(8-16)5-12(15)6-11/h4-6,13-14,17H,2-3,7,9H2,1H3. The Kier molecular flexibility index (Phi) is 4.62. The first-order chi connectivity index (χ1) is 8.71. The highest BCUT2D eigenvalue weighted by Gasteiger charge is 2.23. The lowest BCUT2D eigenvalue weighted by atomic mass is 10.1. The van der Waals surface area contributed by atoms with Crippen molar-refractivity contribution in [2.75, 3.05) is 6.26 Å². The second-order valence-corrected chi connectivity index (χ2v) is 5.85. The highest BCUT2D eigenvalue weighted by atomic mass is 32.2. The lowest BCUT2D eigenvalue weighted by Crippen LogP contribution is -2.26. The van der Waals surface area contributed by atoms with Gasteiger partial charge in [0.05, 0.1) is 11.6 Å². The van der Waals surface area contributed by atoms with Crippen molar-refractivity contribution >= 4 is 11.8 Å². The number of halogens is 1. The minimum atomic E-state index is -0.334. The SMILES string of the molecule is CSC1CCC(NCc2cc(F)cc(C#N)c2)C1. The number of benzene rings is 1. The Hall–Kier alpha value is -1.05. The number of thioether (sulfide) groups is 1. The van der Waals surface area contributed by atoms with E-state index in [1.54, 1.807) is 6.07 Å². The van der Waals surface area contributed by atoms with E-state index >= 15 is 0 Å². The van der Waals surface area contributed by atoms with Gasteiger partial charge in [-0.2, -0.15) is 17.0 Å². The molecule has 1 aromatic carbocycles. The van der Waals surface area contributed by atoms with Crippen LogP contribution in [0.4, 0.5) is 4.39 Å². The molecule has 0 heterocycles. The fourth-order valence-corrected chi connectivity index (χ4v) is 3.22. The Morgan fingerprint density at radius 2 is 2.28 bits per heavy atom. The first kappa shape index (κ1) is 13.4. The van der Waals surface area contributed by atoms with E-state index in [0.717, 1.165) is 10.8 Å². The van der Waals surface area contributed by atoms with Crippen LogP contribution < -0.4 is 5.32 Å². The second-order valence-electron chi connectivity index (χ2n) is 4.71. The molecule has 0 radical (unpaired) electrons. The fourth-order valence-electron chi connectivity index (χ4n) is 2.42. The highest BCUT2D eigenvalue weighted by Crippen LogP contribution is 2.28. The molecule has 18 heavy (non-hydrogen) atoms. The third kappa shape index (κ3) is 3.47. The molecule has 0 spiro atoms. The summed E-state index contributed by atoms with van der Waals surface area (Å²) < 4.78 is 13.2. The fraction of sp³-hybridized carbons (Fsp3) is 0.500. The molecule has 0 bridgehead atoms. The van der Waals surface area contributed by atoms with Crippen molar-refractivity contribution in [3.63, 3.8) is 0 Å². The van der Waals surface area contributed by atoms with Crippen LogP contribution in [0.1, 0.15) is 30.4 Å². The van der Waals surface area contributed by atoms with Gasteiger partial charge in [0.2, 0.25) is 0 Å². The molecule has 0 amide bonds. The van der Waals surface area contributed by atoms with Crippen LogP contribution in [0.3, 0.4) is 0 Å². The van der Waals surface area contributed by atoms with Gasteiger partial charge in [0.15, 0.2) is 0 Å². The summed E-state index contributed by atoms with van der Waals surface area (Å²) in [4.78, 5) is 0. The van der Waals surface area contributed by atoms with Crippen molar-refractivity contribution in [3.05, 3.63) is 35.1 Å². The lowest BCUT2D eigenvalue weighted by Gasteiger charge is -2.13. The van der Waals surface area contributed by atoms with E-state index in [4.69, 9.17) is 5.26 Å². The number of hydrogen-bond donors (Lipinski definition) is 1. The van der Waals surface area contributed by atoms with Crippen molar-refractivity contribution < 1.29 is 4.39 Å². The van der Waals surface area contributed by atoms with E-state index in [-0.39, 0.29) is 5.82 Å². The zero-order valence-corrected chi connectivity index (χ0v) is 11.3. The van der Waals surface area contributed by atoms with Crippen LogP contribution in [0.5, 0.6) is 0 Å². The molecule has 2 rings (SSSR count). The first-order valence-corrected chi connectivity index (χ1v) is 7.46. The molecule has 0 aromatic heterocycles. The van der Waals surface area contributed by atoms with Crippen LogP contribution in [0, 0.1) is 17.1 Å². The van der Waals surface area contributed by atoms with Crippen LogP contribution in [-0.4, -0.2) is 17.5 Å². The topological polar surface area (TPSA) is 35.8 Å². The summed E-state index contributed by atoms with van der Waals surface area (Å²) in [5, 5.41) is 13.0. The van der Waals surface area contributed by atoms with Crippen LogP contribution in [-0.2, 0) is 6.54 Å². The number of nitrogens with zero attached hydrogens (tertiary/aromatic N) is 1. The zero-order valence-electron chi connectivity index (χ0n) is 10.4. The molecule has 2 nitrogen and oxygen atoms in total. The first-order valence-electron chi connectivity index (χ1n) is 6.17. The molecular weight excluding hydrogens is 247 g/mol. The van der Waals surface area contributed by atoms with Crippen molar-refractivity contribution in [1.82, 2.24) is 5.32 Å². The van der Waals surface area contributed by atoms with Gasteiger partial charge >= 0.3 is 0 Å². The maximum atomic E-state index is 13.2. The van der Waals surface area contributed by atoms with Crippen LogP contribution in [0.15, 0.2) is 18.2 Å². The third-order valence-corrected chi connectivity index (χ3v) is 4.49. The van der Waals surface area contributed by atoms with Gasteiger partial charge in [-0.25, -0.2) is 4.39 Å². The predicted molar refractivity (Wildman–Crippen MR) is 72.9 cm³/mol. The maximum Gasteiger partial charge on any atom is 0.124 e. The van der Waals surface area contributed by atoms with Crippen LogP contribution in [0.2, 0.25) is 0 Å². The summed E-state index contributed by atoms with van der Waals surface area (Å²) in [7, 11) is 0. The summed E-state index contributed by atoms with van der Waals surface area (Å²) in [6.45, 7) is 0.637. The average molecular weight is 264 g/mol. The smallest absolute Gasteiger partial charge is 0.124 e. The largest absolute Gasteiger partial charge is 0.310 e. The number of hydrogen-bond acceptors (Lipinski definition) is 3. The molecule has 1 aliphatic rings. The zero-order chi connectivity index (χ0) is 13.0. The van der Waals surface area contributed by atoms with E-state index in [0.29, 0.717) is 18.2 Å². The Morgan fingerprint density at radius 3 is 2.94 bits per heavy atom. The normalized spacial score (nSPS) is 22.9. The van der Waals surface area contributed by atoms with Gasteiger partial charge in [0, 0.05) is 17.8 Å². The maximum absolute atomic E-state index is 13.2. The quantitative estimate of drug-likeness (QED) is 0.908. The van der Waals surface area contributed by atoms with E-state index in [9.17, 15) is 4.39 Å². The monoisotopic (exact) mass is 264 g/mol. The summed E-state index contributed by atoms with van der Waals surface area (Å²) in [5.74, 6) is -0.334. The Bertz CT molecular complexity index is 456. The van der Waals surface area contributed by atoms with Gasteiger partial charge in [-0.05, 0) is 49.3 Å². The molecule has 0 aliphatic heterocycles. The van der Waals surface area contributed by atoms with Gasteiger partial charge in [-0.1, -0.05) is 0 Å². The van der Waals surface area contributed by atoms with E-state index in [2.05, 4.69) is 11.6 Å². The number of nitriles is 1. The van der Waals surface area contributed by atoms with Crippen LogP contribution in [0.25, 0.3) is 0 Å². The second kappa shape index (κ2) is 6.21. The Balaban J connectivity index is 1.91. The molecular formula is C14H17FN2S. The van der Waals surface area contributed by atoms with Crippen molar-refractivity contribution in [1.29, 1.82) is 5.26 Å². The molecule has 2 atom stereocenters. The van der Waals surface area contributed by atoms with Gasteiger partial charge in [0.1, 0.15) is 5.82 Å². The minimum absolute atomic E-state index is 0.334. The predicted octanol–water partition coefficient (Wildman–Crippen LogP) is 3.07. The molecule has 1 aromatic rings. The molecule has 96 valence electrons. The molecule has 1 aliphatic carbocycles. The van der Waals surface area contributed by atoms with Gasteiger partial charge in [-0.3, -0.25) is 0 Å². The minimum Gasteiger partial charge on any atom is -0.310 e. The van der Waals surface area contributed by atoms with E-state index in [1.165, 1.54) is 31.4 Å². The van der Waals surface area contributed by atoms with Crippen molar-refractivity contribution in [3.8, 4) is 6.07 Å². The molecule has 4 heteroatoms. The van der Waals surface area contributed by atoms with Crippen molar-refractivity contribution in [2.45, 2.75) is 37.1 Å².